The zero-order chi connectivity index (χ0) is 20.7. The van der Waals surface area contributed by atoms with Crippen molar-refractivity contribution in [3.8, 4) is 5.75 Å². The van der Waals surface area contributed by atoms with E-state index in [2.05, 4.69) is 5.32 Å². The molecule has 1 N–H and O–H groups in total. The van der Waals surface area contributed by atoms with Gasteiger partial charge in [0.25, 0.3) is 5.91 Å². The summed E-state index contributed by atoms with van der Waals surface area (Å²) in [7, 11) is 1.54. The van der Waals surface area contributed by atoms with Crippen LogP contribution >= 0.6 is 34.8 Å². The number of nitrogens with one attached hydrogen (secondary N) is 1. The molecule has 0 spiro atoms. The standard InChI is InChI=1S/C20H21Cl3N2O3/c1-3-18(20(27)24-2)25(11-13-4-9-16(22)17(23)10-13)19(26)12-28-15-7-5-14(21)6-8-15/h4-10,18H,3,11-12H2,1-2H3,(H,24,27). The molecule has 0 radical (unpaired) electrons. The SMILES string of the molecule is CCC(C(=O)NC)N(Cc1ccc(Cl)c(Cl)c1)C(=O)COc1ccc(Cl)cc1. The number of benzene rings is 2. The maximum absolute atomic E-state index is 12.9. The van der Waals surface area contributed by atoms with E-state index in [1.165, 1.54) is 11.9 Å². The Bertz CT molecular complexity index is 828. The number of amides is 2. The fourth-order valence-corrected chi connectivity index (χ4v) is 3.13. The van der Waals surface area contributed by atoms with Crippen LogP contribution in [0.1, 0.15) is 18.9 Å². The first-order valence-corrected chi connectivity index (χ1v) is 9.82. The number of nitrogens with zero attached hydrogens (tertiary/aromatic N) is 1. The summed E-state index contributed by atoms with van der Waals surface area (Å²) < 4.78 is 5.56. The number of carbonyl (C=O) groups is 2. The van der Waals surface area contributed by atoms with Gasteiger partial charge in [-0.3, -0.25) is 9.59 Å². The van der Waals surface area contributed by atoms with Crippen molar-refractivity contribution in [2.24, 2.45) is 0 Å². The Balaban J connectivity index is 2.20. The van der Waals surface area contributed by atoms with Crippen LogP contribution in [-0.4, -0.2) is 36.4 Å². The number of hydrogen-bond acceptors (Lipinski definition) is 3. The summed E-state index contributed by atoms with van der Waals surface area (Å²) in [6.07, 6.45) is 0.452. The van der Waals surface area contributed by atoms with Crippen molar-refractivity contribution in [1.82, 2.24) is 10.2 Å². The fourth-order valence-electron chi connectivity index (χ4n) is 2.68. The molecule has 0 saturated heterocycles. The lowest BCUT2D eigenvalue weighted by Crippen LogP contribution is -2.49. The van der Waals surface area contributed by atoms with Gasteiger partial charge in [0.2, 0.25) is 5.91 Å². The van der Waals surface area contributed by atoms with Gasteiger partial charge in [0, 0.05) is 18.6 Å². The van der Waals surface area contributed by atoms with Gasteiger partial charge in [-0.1, -0.05) is 47.8 Å². The number of carbonyl (C=O) groups excluding carboxylic acids is 2. The van der Waals surface area contributed by atoms with Crippen molar-refractivity contribution in [3.05, 3.63) is 63.1 Å². The molecule has 0 aliphatic heterocycles. The van der Waals surface area contributed by atoms with Crippen LogP contribution in [0.4, 0.5) is 0 Å². The molecule has 0 aliphatic carbocycles. The van der Waals surface area contributed by atoms with Crippen molar-refractivity contribution >= 4 is 46.6 Å². The quantitative estimate of drug-likeness (QED) is 0.650. The second-order valence-electron chi connectivity index (χ2n) is 6.05. The Hall–Kier alpha value is -1.95. The summed E-state index contributed by atoms with van der Waals surface area (Å²) >= 11 is 17.9. The van der Waals surface area contributed by atoms with Crippen LogP contribution in [0, 0.1) is 0 Å². The molecule has 2 aromatic carbocycles. The van der Waals surface area contributed by atoms with Crippen LogP contribution in [0.5, 0.6) is 5.75 Å². The minimum atomic E-state index is -0.638. The van der Waals surface area contributed by atoms with Crippen LogP contribution in [-0.2, 0) is 16.1 Å². The van der Waals surface area contributed by atoms with Crippen molar-refractivity contribution in [2.75, 3.05) is 13.7 Å². The predicted octanol–water partition coefficient (Wildman–Crippen LogP) is 4.58. The van der Waals surface area contributed by atoms with Gasteiger partial charge >= 0.3 is 0 Å². The van der Waals surface area contributed by atoms with Gasteiger partial charge in [-0.2, -0.15) is 0 Å². The highest BCUT2D eigenvalue weighted by atomic mass is 35.5. The second-order valence-corrected chi connectivity index (χ2v) is 7.30. The van der Waals surface area contributed by atoms with E-state index in [4.69, 9.17) is 39.5 Å². The highest BCUT2D eigenvalue weighted by Crippen LogP contribution is 2.24. The van der Waals surface area contributed by atoms with Crippen molar-refractivity contribution in [2.45, 2.75) is 25.9 Å². The molecule has 2 aromatic rings. The molecular weight excluding hydrogens is 423 g/mol. The zero-order valence-electron chi connectivity index (χ0n) is 15.5. The number of rotatable bonds is 8. The Morgan fingerprint density at radius 1 is 1.07 bits per heavy atom. The van der Waals surface area contributed by atoms with Gasteiger partial charge in [-0.15, -0.1) is 0 Å². The third-order valence-electron chi connectivity index (χ3n) is 4.15. The fraction of sp³-hybridized carbons (Fsp3) is 0.300. The molecule has 5 nitrogen and oxygen atoms in total. The van der Waals surface area contributed by atoms with E-state index in [0.29, 0.717) is 27.2 Å². The molecule has 0 bridgehead atoms. The molecule has 0 aliphatic rings. The Kier molecular flexibility index (Phi) is 8.42. The summed E-state index contributed by atoms with van der Waals surface area (Å²) in [5.74, 6) is -0.0564. The van der Waals surface area contributed by atoms with Crippen molar-refractivity contribution in [1.29, 1.82) is 0 Å². The van der Waals surface area contributed by atoms with E-state index >= 15 is 0 Å². The lowest BCUT2D eigenvalue weighted by molar-refractivity contribution is -0.142. The van der Waals surface area contributed by atoms with E-state index in [1.54, 1.807) is 42.5 Å². The number of ether oxygens (including phenoxy) is 1. The summed E-state index contributed by atoms with van der Waals surface area (Å²) in [6.45, 7) is 1.83. The minimum absolute atomic E-state index is 0.200. The summed E-state index contributed by atoms with van der Waals surface area (Å²) in [6, 6.07) is 11.2. The van der Waals surface area contributed by atoms with E-state index in [9.17, 15) is 9.59 Å². The zero-order valence-corrected chi connectivity index (χ0v) is 17.8. The third-order valence-corrected chi connectivity index (χ3v) is 5.14. The molecule has 2 rings (SSSR count). The smallest absolute Gasteiger partial charge is 0.261 e. The van der Waals surface area contributed by atoms with Gasteiger partial charge in [-0.25, -0.2) is 0 Å². The number of hydrogen-bond donors (Lipinski definition) is 1. The predicted molar refractivity (Wildman–Crippen MR) is 112 cm³/mol. The topological polar surface area (TPSA) is 58.6 Å². The molecule has 28 heavy (non-hydrogen) atoms. The lowest BCUT2D eigenvalue weighted by atomic mass is 10.1. The number of likely N-dealkylation sites (N-methyl/N-ethyl adjacent to an activating group) is 1. The van der Waals surface area contributed by atoms with E-state index < -0.39 is 6.04 Å². The maximum atomic E-state index is 12.9. The molecule has 0 heterocycles. The third kappa shape index (κ3) is 6.03. The maximum Gasteiger partial charge on any atom is 0.261 e. The average molecular weight is 444 g/mol. The molecule has 2 amide bonds. The Morgan fingerprint density at radius 3 is 2.32 bits per heavy atom. The highest BCUT2D eigenvalue weighted by Gasteiger charge is 2.28. The second kappa shape index (κ2) is 10.6. The summed E-state index contributed by atoms with van der Waals surface area (Å²) in [5.41, 5.74) is 0.761. The van der Waals surface area contributed by atoms with Crippen LogP contribution in [0.2, 0.25) is 15.1 Å². The van der Waals surface area contributed by atoms with Gasteiger partial charge in [0.15, 0.2) is 6.61 Å². The molecule has 150 valence electrons. The number of halogens is 3. The molecule has 8 heteroatoms. The summed E-state index contributed by atoms with van der Waals surface area (Å²) in [4.78, 5) is 26.7. The molecule has 1 atom stereocenters. The van der Waals surface area contributed by atoms with Gasteiger partial charge < -0.3 is 15.0 Å². The first-order chi connectivity index (χ1) is 13.3. The Morgan fingerprint density at radius 2 is 1.75 bits per heavy atom. The van der Waals surface area contributed by atoms with Crippen LogP contribution in [0.15, 0.2) is 42.5 Å². The van der Waals surface area contributed by atoms with E-state index in [1.807, 2.05) is 6.92 Å². The molecule has 0 saturated carbocycles. The molecule has 1 unspecified atom stereocenters. The normalized spacial score (nSPS) is 11.6. The van der Waals surface area contributed by atoms with Gasteiger partial charge in [0.05, 0.1) is 10.0 Å². The molecule has 0 aromatic heterocycles. The monoisotopic (exact) mass is 442 g/mol. The van der Waals surface area contributed by atoms with Crippen LogP contribution < -0.4 is 10.1 Å². The first-order valence-electron chi connectivity index (χ1n) is 8.69. The highest BCUT2D eigenvalue weighted by molar-refractivity contribution is 6.42. The summed E-state index contributed by atoms with van der Waals surface area (Å²) in [5, 5.41) is 3.99. The largest absolute Gasteiger partial charge is 0.484 e. The van der Waals surface area contributed by atoms with Crippen molar-refractivity contribution in [3.63, 3.8) is 0 Å². The van der Waals surface area contributed by atoms with E-state index in [0.717, 1.165) is 5.56 Å². The minimum Gasteiger partial charge on any atom is -0.484 e. The van der Waals surface area contributed by atoms with Gasteiger partial charge in [0.1, 0.15) is 11.8 Å². The van der Waals surface area contributed by atoms with Gasteiger partial charge in [-0.05, 0) is 48.4 Å². The van der Waals surface area contributed by atoms with Crippen molar-refractivity contribution < 1.29 is 14.3 Å². The molecule has 0 fully saturated rings. The molecular formula is C20H21Cl3N2O3. The van der Waals surface area contributed by atoms with E-state index in [-0.39, 0.29) is 25.0 Å². The first kappa shape index (κ1) is 22.3. The lowest BCUT2D eigenvalue weighted by Gasteiger charge is -2.30. The average Bonchev–Trinajstić information content (AvgIpc) is 2.69. The Labute approximate surface area is 179 Å². The van der Waals surface area contributed by atoms with Crippen LogP contribution in [0.25, 0.3) is 0 Å². The van der Waals surface area contributed by atoms with Crippen LogP contribution in [0.3, 0.4) is 0 Å².